The van der Waals surface area contributed by atoms with Gasteiger partial charge in [0.15, 0.2) is 0 Å². The number of carbonyl (C=O) groups is 3. The van der Waals surface area contributed by atoms with Crippen LogP contribution in [0.2, 0.25) is 0 Å². The maximum atomic E-state index is 15.2. The van der Waals surface area contributed by atoms with Gasteiger partial charge in [-0.25, -0.2) is 19.0 Å². The number of hydrogen-bond acceptors (Lipinski definition) is 9. The van der Waals surface area contributed by atoms with Gasteiger partial charge in [0.05, 0.1) is 36.9 Å². The van der Waals surface area contributed by atoms with E-state index >= 15 is 8.78 Å². The Morgan fingerprint density at radius 3 is 2.23 bits per heavy atom. The lowest BCUT2D eigenvalue weighted by molar-refractivity contribution is -0.160. The first-order valence-electron chi connectivity index (χ1n) is 12.9. The molecule has 1 aromatic heterocycles. The molecule has 0 aliphatic rings. The largest absolute Gasteiger partial charge is 0.465 e. The maximum Gasteiger partial charge on any atom is 0.422 e. The van der Waals surface area contributed by atoms with Gasteiger partial charge in [0.25, 0.3) is 0 Å². The highest BCUT2D eigenvalue weighted by Gasteiger charge is 2.54. The molecule has 1 unspecified atom stereocenters. The van der Waals surface area contributed by atoms with Crippen LogP contribution in [0.1, 0.15) is 49.2 Å². The van der Waals surface area contributed by atoms with Gasteiger partial charge in [-0.1, -0.05) is 40.2 Å². The van der Waals surface area contributed by atoms with Gasteiger partial charge in [-0.05, 0) is 57.0 Å². The minimum absolute atomic E-state index is 0.000314. The summed E-state index contributed by atoms with van der Waals surface area (Å²) < 4.78 is 63.3. The zero-order valence-electron chi connectivity index (χ0n) is 24.3. The number of nitrogens with zero attached hydrogens (tertiary/aromatic N) is 2. The molecule has 0 amide bonds. The molecule has 0 saturated carbocycles. The molecule has 2 aromatic carbocycles. The van der Waals surface area contributed by atoms with Gasteiger partial charge in [-0.2, -0.15) is 8.78 Å². The molecule has 12 nitrogen and oxygen atoms in total. The zero-order valence-corrected chi connectivity index (χ0v) is 26.8. The molecule has 3 rings (SSSR count). The Balaban J connectivity index is 1.95. The third-order valence-corrected chi connectivity index (χ3v) is 8.19. The summed E-state index contributed by atoms with van der Waals surface area (Å²) in [7, 11) is -4.48. The summed E-state index contributed by atoms with van der Waals surface area (Å²) in [6.07, 6.45) is 0.309. The van der Waals surface area contributed by atoms with Gasteiger partial charge in [0.1, 0.15) is 0 Å². The fourth-order valence-electron chi connectivity index (χ4n) is 3.77. The van der Waals surface area contributed by atoms with Crippen molar-refractivity contribution in [3.8, 4) is 11.3 Å². The SMILES string of the molecule is CCOC(=O)n1cc(-c2ccc(C(=O)OC)cc2)n(Cc2ccc(C(F)(F)P(=O)(O)OCOC(=O)C(C)(C)C)c(Br)c2)c1=O. The summed E-state index contributed by atoms with van der Waals surface area (Å²) in [5.74, 6) is -1.40. The van der Waals surface area contributed by atoms with Crippen LogP contribution in [0, 0.1) is 5.41 Å². The van der Waals surface area contributed by atoms with E-state index in [1.807, 2.05) is 0 Å². The molecule has 0 fully saturated rings. The summed E-state index contributed by atoms with van der Waals surface area (Å²) >= 11 is 3.00. The van der Waals surface area contributed by atoms with E-state index in [2.05, 4.69) is 25.2 Å². The number of hydrogen-bond donors (Lipinski definition) is 1. The lowest BCUT2D eigenvalue weighted by Crippen LogP contribution is -2.30. The average Bonchev–Trinajstić information content (AvgIpc) is 3.27. The van der Waals surface area contributed by atoms with E-state index in [9.17, 15) is 28.6 Å². The van der Waals surface area contributed by atoms with E-state index in [0.717, 1.165) is 10.6 Å². The smallest absolute Gasteiger partial charge is 0.422 e. The van der Waals surface area contributed by atoms with Crippen molar-refractivity contribution in [1.82, 2.24) is 9.13 Å². The molecule has 1 N–H and O–H groups in total. The van der Waals surface area contributed by atoms with Crippen LogP contribution in [0.4, 0.5) is 13.6 Å². The first kappa shape index (κ1) is 34.8. The number of alkyl halides is 2. The number of carbonyl (C=O) groups excluding carboxylic acids is 3. The van der Waals surface area contributed by atoms with Crippen LogP contribution in [-0.2, 0) is 40.3 Å². The molecule has 0 radical (unpaired) electrons. The van der Waals surface area contributed by atoms with Crippen molar-refractivity contribution in [1.29, 1.82) is 0 Å². The summed E-state index contributed by atoms with van der Waals surface area (Å²) in [4.78, 5) is 59.4. The van der Waals surface area contributed by atoms with Gasteiger partial charge in [0, 0.05) is 16.2 Å². The Hall–Kier alpha value is -3.65. The molecule has 1 atom stereocenters. The van der Waals surface area contributed by atoms with E-state index in [-0.39, 0.29) is 28.9 Å². The molecule has 3 aromatic rings. The van der Waals surface area contributed by atoms with Crippen LogP contribution in [0.15, 0.2) is 57.9 Å². The first-order valence-corrected chi connectivity index (χ1v) is 15.3. The van der Waals surface area contributed by atoms with Crippen molar-refractivity contribution >= 4 is 41.6 Å². The standard InChI is InChI=1S/C28H30BrF2N2O10P/c1-6-41-26(37)33-15-22(18-8-10-19(11-9-18)23(34)40-5)32(25(33)36)14-17-7-12-20(21(29)13-17)28(30,31)44(38,39)43-16-42-24(35)27(2,3)4/h7-13,15H,6,14,16H2,1-5H3,(H,38,39). The van der Waals surface area contributed by atoms with Gasteiger partial charge >= 0.3 is 37.0 Å². The van der Waals surface area contributed by atoms with Gasteiger partial charge in [0.2, 0.25) is 6.79 Å². The second-order valence-corrected chi connectivity index (χ2v) is 13.0. The molecule has 238 valence electrons. The summed E-state index contributed by atoms with van der Waals surface area (Å²) in [5, 5.41) is 0. The molecule has 16 heteroatoms. The predicted octanol–water partition coefficient (Wildman–Crippen LogP) is 5.72. The fourth-order valence-corrected chi connectivity index (χ4v) is 5.45. The number of benzene rings is 2. The number of methoxy groups -OCH3 is 1. The highest BCUT2D eigenvalue weighted by Crippen LogP contribution is 2.64. The van der Waals surface area contributed by atoms with Crippen LogP contribution < -0.4 is 5.69 Å². The van der Waals surface area contributed by atoms with Crippen molar-refractivity contribution in [3.63, 3.8) is 0 Å². The van der Waals surface area contributed by atoms with Crippen LogP contribution in [0.25, 0.3) is 11.3 Å². The third kappa shape index (κ3) is 7.52. The Bertz CT molecular complexity index is 1660. The molecule has 0 saturated heterocycles. The lowest BCUT2D eigenvalue weighted by atomic mass is 9.98. The Labute approximate surface area is 259 Å². The maximum absolute atomic E-state index is 15.2. The Morgan fingerprint density at radius 2 is 1.68 bits per heavy atom. The highest BCUT2D eigenvalue weighted by atomic mass is 79.9. The molecule has 0 spiro atoms. The monoisotopic (exact) mass is 702 g/mol. The zero-order chi connectivity index (χ0) is 33.0. The first-order chi connectivity index (χ1) is 20.4. The molecule has 0 bridgehead atoms. The van der Waals surface area contributed by atoms with Gasteiger partial charge in [-0.15, -0.1) is 0 Å². The van der Waals surface area contributed by atoms with Crippen LogP contribution in [-0.4, -0.2) is 52.6 Å². The van der Waals surface area contributed by atoms with Crippen LogP contribution in [0.3, 0.4) is 0 Å². The number of halogens is 3. The minimum Gasteiger partial charge on any atom is -0.465 e. The number of rotatable bonds is 10. The topological polar surface area (TPSA) is 152 Å². The van der Waals surface area contributed by atoms with Gasteiger partial charge in [-0.3, -0.25) is 18.5 Å². The van der Waals surface area contributed by atoms with Crippen molar-refractivity contribution in [2.75, 3.05) is 20.5 Å². The van der Waals surface area contributed by atoms with Crippen molar-refractivity contribution in [2.24, 2.45) is 5.41 Å². The molecule has 1 heterocycles. The quantitative estimate of drug-likeness (QED) is 0.120. The summed E-state index contributed by atoms with van der Waals surface area (Å²) in [6.45, 7) is 4.69. The molecule has 44 heavy (non-hydrogen) atoms. The van der Waals surface area contributed by atoms with E-state index in [1.54, 1.807) is 6.92 Å². The lowest BCUT2D eigenvalue weighted by Gasteiger charge is -2.24. The predicted molar refractivity (Wildman–Crippen MR) is 156 cm³/mol. The van der Waals surface area contributed by atoms with Crippen molar-refractivity contribution in [3.05, 3.63) is 80.3 Å². The average molecular weight is 703 g/mol. The molecule has 0 aliphatic heterocycles. The van der Waals surface area contributed by atoms with E-state index in [4.69, 9.17) is 9.47 Å². The highest BCUT2D eigenvalue weighted by molar-refractivity contribution is 9.10. The number of esters is 2. The second kappa shape index (κ2) is 13.6. The van der Waals surface area contributed by atoms with E-state index in [1.165, 1.54) is 75.0 Å². The number of ether oxygens (including phenoxy) is 3. The number of aromatic nitrogens is 2. The molecule has 0 aliphatic carbocycles. The van der Waals surface area contributed by atoms with Crippen LogP contribution >= 0.6 is 23.5 Å². The van der Waals surface area contributed by atoms with Crippen molar-refractivity contribution in [2.45, 2.75) is 39.9 Å². The van der Waals surface area contributed by atoms with E-state index < -0.39 is 54.8 Å². The summed E-state index contributed by atoms with van der Waals surface area (Å²) in [5.41, 5.74) is -5.89. The number of imidazole rings is 1. The Morgan fingerprint density at radius 1 is 1.05 bits per heavy atom. The summed E-state index contributed by atoms with van der Waals surface area (Å²) in [6, 6.07) is 9.28. The molecular weight excluding hydrogens is 673 g/mol. The van der Waals surface area contributed by atoms with Crippen LogP contribution in [0.5, 0.6) is 0 Å². The van der Waals surface area contributed by atoms with Crippen molar-refractivity contribution < 1.29 is 51.4 Å². The normalized spacial score (nSPS) is 13.2. The second-order valence-electron chi connectivity index (χ2n) is 10.3. The molecular formula is C28H30BrF2N2O10P. The fraction of sp³-hybridized carbons (Fsp3) is 0.357. The Kier molecular flexibility index (Phi) is 10.7. The third-order valence-electron chi connectivity index (χ3n) is 6.13. The van der Waals surface area contributed by atoms with Gasteiger partial charge < -0.3 is 19.1 Å². The van der Waals surface area contributed by atoms with E-state index in [0.29, 0.717) is 11.1 Å². The minimum atomic E-state index is -5.70.